The summed E-state index contributed by atoms with van der Waals surface area (Å²) in [6.07, 6.45) is -16.4. The van der Waals surface area contributed by atoms with Gasteiger partial charge in [0, 0.05) is 48.9 Å². The molecule has 1 aliphatic rings. The number of ether oxygens (including phenoxy) is 1. The fourth-order valence-corrected chi connectivity index (χ4v) is 4.53. The summed E-state index contributed by atoms with van der Waals surface area (Å²) in [7, 11) is 2.81. The number of nitrogens with one attached hydrogen (secondary N) is 1. The molecule has 8 nitrogen and oxygen atoms in total. The van der Waals surface area contributed by atoms with E-state index in [-0.39, 0.29) is 5.71 Å². The highest BCUT2D eigenvalue weighted by atomic mass is 19.4. The van der Waals surface area contributed by atoms with Gasteiger partial charge in [0.25, 0.3) is 5.91 Å². The van der Waals surface area contributed by atoms with Crippen LogP contribution in [0.4, 0.5) is 32.0 Å². The van der Waals surface area contributed by atoms with E-state index < -0.39 is 73.8 Å². The Morgan fingerprint density at radius 3 is 2.12 bits per heavy atom. The minimum atomic E-state index is -4.78. The van der Waals surface area contributed by atoms with E-state index in [0.29, 0.717) is 22.6 Å². The molecule has 0 fully saturated rings. The van der Waals surface area contributed by atoms with Crippen LogP contribution < -0.4 is 20.7 Å². The summed E-state index contributed by atoms with van der Waals surface area (Å²) < 4.78 is 83.2. The number of hydrogen-bond acceptors (Lipinski definition) is 5. The van der Waals surface area contributed by atoms with Gasteiger partial charge in [-0.2, -0.15) is 26.3 Å². The van der Waals surface area contributed by atoms with E-state index in [4.69, 9.17) is 10.5 Å². The van der Waals surface area contributed by atoms with Gasteiger partial charge in [-0.15, -0.1) is 0 Å². The first-order valence-electron chi connectivity index (χ1n) is 12.4. The number of methoxy groups -OCH3 is 1. The van der Waals surface area contributed by atoms with Crippen molar-refractivity contribution in [3.63, 3.8) is 0 Å². The first-order chi connectivity index (χ1) is 19.1. The van der Waals surface area contributed by atoms with Gasteiger partial charge >= 0.3 is 12.4 Å². The molecule has 0 bridgehead atoms. The van der Waals surface area contributed by atoms with Crippen molar-refractivity contribution in [3.8, 4) is 5.75 Å². The van der Waals surface area contributed by atoms with E-state index in [1.807, 2.05) is 0 Å². The van der Waals surface area contributed by atoms with Gasteiger partial charge in [-0.3, -0.25) is 14.4 Å². The third-order valence-corrected chi connectivity index (χ3v) is 6.64. The summed E-state index contributed by atoms with van der Waals surface area (Å²) in [6, 6.07) is 13.3. The summed E-state index contributed by atoms with van der Waals surface area (Å²) in [5.41, 5.74) is 6.86. The first kappa shape index (κ1) is 31.4. The van der Waals surface area contributed by atoms with Crippen molar-refractivity contribution in [3.05, 3.63) is 59.7 Å². The second-order valence-corrected chi connectivity index (χ2v) is 9.46. The maximum absolute atomic E-state index is 13.5. The second-order valence-electron chi connectivity index (χ2n) is 9.46. The number of rotatable bonds is 10. The zero-order chi connectivity index (χ0) is 30.5. The molecule has 0 aliphatic carbocycles. The van der Waals surface area contributed by atoms with Gasteiger partial charge < -0.3 is 20.7 Å². The molecule has 2 aromatic carbocycles. The van der Waals surface area contributed by atoms with E-state index in [0.717, 1.165) is 0 Å². The molecule has 2 aromatic rings. The number of fused-ring (bicyclic) bond motifs is 1. The lowest BCUT2D eigenvalue weighted by Crippen LogP contribution is -2.50. The molecule has 3 rings (SSSR count). The van der Waals surface area contributed by atoms with Crippen molar-refractivity contribution >= 4 is 29.1 Å². The monoisotopic (exact) mass is 586 g/mol. The van der Waals surface area contributed by atoms with Crippen LogP contribution in [0.25, 0.3) is 0 Å². The van der Waals surface area contributed by atoms with Crippen LogP contribution in [0.2, 0.25) is 0 Å². The third kappa shape index (κ3) is 8.21. The zero-order valence-corrected chi connectivity index (χ0v) is 22.1. The van der Waals surface area contributed by atoms with Crippen molar-refractivity contribution in [2.75, 3.05) is 19.1 Å². The Kier molecular flexibility index (Phi) is 9.66. The number of primary amides is 1. The smallest absolute Gasteiger partial charge is 0.389 e. The fraction of sp³-hybridized carbons (Fsp3) is 0.407. The third-order valence-electron chi connectivity index (χ3n) is 6.64. The van der Waals surface area contributed by atoms with Gasteiger partial charge in [0.2, 0.25) is 18.0 Å². The number of nitrogens with zero attached hydrogens (tertiary/aromatic N) is 2. The van der Waals surface area contributed by atoms with Crippen molar-refractivity contribution < 1.29 is 45.5 Å². The first-order valence-corrected chi connectivity index (χ1v) is 12.4. The lowest BCUT2D eigenvalue weighted by Gasteiger charge is -2.27. The average molecular weight is 587 g/mol. The molecule has 0 spiro atoms. The highest BCUT2D eigenvalue weighted by Crippen LogP contribution is 2.34. The Bertz CT molecular complexity index is 1300. The van der Waals surface area contributed by atoms with Gasteiger partial charge in [-0.25, -0.2) is 4.99 Å². The van der Waals surface area contributed by atoms with Crippen LogP contribution in [0.15, 0.2) is 53.5 Å². The molecule has 3 atom stereocenters. The predicted octanol–water partition coefficient (Wildman–Crippen LogP) is 4.35. The fourth-order valence-electron chi connectivity index (χ4n) is 4.53. The van der Waals surface area contributed by atoms with Crippen LogP contribution in [0, 0.1) is 11.8 Å². The highest BCUT2D eigenvalue weighted by Gasteiger charge is 2.41. The Morgan fingerprint density at radius 1 is 1.00 bits per heavy atom. The largest absolute Gasteiger partial charge is 0.497 e. The number of hydrogen-bond donors (Lipinski definition) is 2. The minimum Gasteiger partial charge on any atom is -0.497 e. The Morgan fingerprint density at radius 2 is 1.59 bits per heavy atom. The maximum atomic E-state index is 13.5. The van der Waals surface area contributed by atoms with Crippen LogP contribution in [-0.4, -0.2) is 56.1 Å². The molecule has 41 heavy (non-hydrogen) atoms. The van der Waals surface area contributed by atoms with Crippen molar-refractivity contribution in [2.45, 2.75) is 44.2 Å². The van der Waals surface area contributed by atoms with Crippen molar-refractivity contribution in [1.29, 1.82) is 0 Å². The molecule has 0 unspecified atom stereocenters. The van der Waals surface area contributed by atoms with Gasteiger partial charge in [-0.05, 0) is 25.0 Å². The number of alkyl halides is 6. The Labute approximate surface area is 231 Å². The van der Waals surface area contributed by atoms with Gasteiger partial charge in [0.1, 0.15) is 5.75 Å². The number of benzodiazepines with no additional fused rings is 1. The molecule has 0 saturated heterocycles. The number of halogens is 6. The molecule has 1 heterocycles. The number of benzene rings is 2. The number of amides is 3. The van der Waals surface area contributed by atoms with Crippen LogP contribution in [-0.2, 0) is 14.4 Å². The Balaban J connectivity index is 2.04. The van der Waals surface area contributed by atoms with E-state index in [9.17, 15) is 40.7 Å². The molecule has 0 aromatic heterocycles. The second kappa shape index (κ2) is 12.6. The normalized spacial score (nSPS) is 17.2. The molecular formula is C27H28F6N4O4. The number of aliphatic imine (C=N–C) groups is 1. The molecule has 0 radical (unpaired) electrons. The summed E-state index contributed by atoms with van der Waals surface area (Å²) in [5.74, 6) is -6.80. The van der Waals surface area contributed by atoms with Gasteiger partial charge in [-0.1, -0.05) is 30.3 Å². The average Bonchev–Trinajstić information content (AvgIpc) is 2.99. The molecule has 1 aliphatic heterocycles. The summed E-state index contributed by atoms with van der Waals surface area (Å²) in [5, 5.41) is 2.27. The van der Waals surface area contributed by atoms with E-state index in [2.05, 4.69) is 10.3 Å². The van der Waals surface area contributed by atoms with Gasteiger partial charge in [0.05, 0.1) is 18.5 Å². The van der Waals surface area contributed by atoms with Crippen molar-refractivity contribution in [2.24, 2.45) is 22.6 Å². The number of anilines is 1. The zero-order valence-electron chi connectivity index (χ0n) is 22.1. The Hall–Kier alpha value is -4.10. The molecule has 222 valence electrons. The molecule has 14 heteroatoms. The number of nitrogens with two attached hydrogens (primary N) is 1. The van der Waals surface area contributed by atoms with E-state index in [1.165, 1.54) is 19.1 Å². The summed E-state index contributed by atoms with van der Waals surface area (Å²) >= 11 is 0. The lowest BCUT2D eigenvalue weighted by atomic mass is 9.83. The van der Waals surface area contributed by atoms with Gasteiger partial charge in [0.15, 0.2) is 0 Å². The molecule has 3 N–H and O–H groups in total. The van der Waals surface area contributed by atoms with Crippen LogP contribution in [0.1, 0.15) is 36.8 Å². The quantitative estimate of drug-likeness (QED) is 0.403. The molecule has 0 saturated carbocycles. The number of carbonyl (C=O) groups is 3. The number of likely N-dealkylation sites (N-methyl/N-ethyl adjacent to an activating group) is 1. The van der Waals surface area contributed by atoms with Crippen molar-refractivity contribution in [1.82, 2.24) is 5.32 Å². The standard InChI is InChI=1S/C27H28F6N4O4/c1-37-20-14-16(41-2)8-9-19(20)21(15-6-4-3-5-7-15)35-23(25(37)40)36-24(39)18(11-13-27(31,32)33)17(22(34)38)10-12-26(28,29)30/h3-9,14,17-18,23H,10-13H2,1-2H3,(H2,34,38)(H,36,39)/t17-,18+,23+/m0/s1. The SMILES string of the molecule is COc1ccc2c(c1)N(C)C(=O)[C@@H](NC(=O)[C@H](CCC(F)(F)F)[C@H](CCC(F)(F)F)C(N)=O)N=C2c1ccccc1. The van der Waals surface area contributed by atoms with Crippen LogP contribution in [0.3, 0.4) is 0 Å². The number of carbonyl (C=O) groups excluding carboxylic acids is 3. The van der Waals surface area contributed by atoms with E-state index in [1.54, 1.807) is 48.5 Å². The maximum Gasteiger partial charge on any atom is 0.389 e. The minimum absolute atomic E-state index is 0.251. The summed E-state index contributed by atoms with van der Waals surface area (Å²) in [4.78, 5) is 44.5. The topological polar surface area (TPSA) is 114 Å². The highest BCUT2D eigenvalue weighted by molar-refractivity contribution is 6.20. The lowest BCUT2D eigenvalue weighted by molar-refractivity contribution is -0.152. The summed E-state index contributed by atoms with van der Waals surface area (Å²) in [6.45, 7) is 0. The van der Waals surface area contributed by atoms with Crippen LogP contribution in [0.5, 0.6) is 5.75 Å². The molecular weight excluding hydrogens is 558 g/mol. The predicted molar refractivity (Wildman–Crippen MR) is 137 cm³/mol. The molecule has 3 amide bonds. The van der Waals surface area contributed by atoms with E-state index >= 15 is 0 Å². The van der Waals surface area contributed by atoms with Crippen LogP contribution >= 0.6 is 0 Å².